The Kier molecular flexibility index (Phi) is 4.80. The van der Waals surface area contributed by atoms with Crippen molar-refractivity contribution in [3.63, 3.8) is 0 Å². The molecule has 0 aliphatic heterocycles. The molecule has 0 spiro atoms. The number of nitrogens with one attached hydrogen (secondary N) is 1. The summed E-state index contributed by atoms with van der Waals surface area (Å²) in [6.45, 7) is -0.173. The molecule has 24 heavy (non-hydrogen) atoms. The average molecular weight is 349 g/mol. The van der Waals surface area contributed by atoms with Gasteiger partial charge in [0.05, 0.1) is 11.4 Å². The number of carbonyl (C=O) groups excluding carboxylic acids is 1. The Morgan fingerprint density at radius 1 is 1.29 bits per heavy atom. The summed E-state index contributed by atoms with van der Waals surface area (Å²) in [6.07, 6.45) is 1.87. The standard InChI is InChI=1S/C17H16FNO4S/c18-11-4-6-12(7-5-11)23-13(17(21)22)9-19-16(20)15-8-10-2-1-3-14(10)24-15/h4-8,13H,1-3,9H2,(H,19,20)(H,21,22). The molecule has 2 N–H and O–H groups in total. The number of halogens is 1. The molecule has 2 aromatic rings. The van der Waals surface area contributed by atoms with E-state index in [-0.39, 0.29) is 18.2 Å². The van der Waals surface area contributed by atoms with Gasteiger partial charge in [-0.3, -0.25) is 4.79 Å². The molecule has 0 radical (unpaired) electrons. The molecule has 1 aromatic heterocycles. The number of hydrogen-bond donors (Lipinski definition) is 2. The molecule has 1 amide bonds. The quantitative estimate of drug-likeness (QED) is 0.841. The number of amides is 1. The predicted molar refractivity (Wildman–Crippen MR) is 87.1 cm³/mol. The van der Waals surface area contributed by atoms with Crippen molar-refractivity contribution in [3.8, 4) is 5.75 Å². The molecule has 126 valence electrons. The van der Waals surface area contributed by atoms with Crippen LogP contribution in [-0.2, 0) is 17.6 Å². The van der Waals surface area contributed by atoms with Gasteiger partial charge in [-0.2, -0.15) is 0 Å². The van der Waals surface area contributed by atoms with E-state index in [1.165, 1.54) is 46.0 Å². The van der Waals surface area contributed by atoms with E-state index >= 15 is 0 Å². The van der Waals surface area contributed by atoms with Crippen molar-refractivity contribution in [2.24, 2.45) is 0 Å². The normalized spacial score (nSPS) is 14.0. The Balaban J connectivity index is 1.60. The summed E-state index contributed by atoms with van der Waals surface area (Å²) in [5.41, 5.74) is 1.21. The number of thiophene rings is 1. The minimum atomic E-state index is -1.24. The second-order valence-corrected chi connectivity index (χ2v) is 6.66. The van der Waals surface area contributed by atoms with Crippen molar-refractivity contribution < 1.29 is 23.8 Å². The Bertz CT molecular complexity index is 735. The fourth-order valence-corrected chi connectivity index (χ4v) is 3.74. The Hall–Kier alpha value is -2.41. The molecule has 0 saturated heterocycles. The third kappa shape index (κ3) is 3.73. The second kappa shape index (κ2) is 7.00. The zero-order chi connectivity index (χ0) is 17.1. The maximum atomic E-state index is 12.9. The molecule has 1 aliphatic carbocycles. The van der Waals surface area contributed by atoms with Gasteiger partial charge in [0, 0.05) is 4.88 Å². The van der Waals surface area contributed by atoms with Crippen molar-refractivity contribution in [2.75, 3.05) is 6.54 Å². The van der Waals surface area contributed by atoms with Crippen molar-refractivity contribution in [3.05, 3.63) is 51.5 Å². The fraction of sp³-hybridized carbons (Fsp3) is 0.294. The van der Waals surface area contributed by atoms with E-state index in [0.29, 0.717) is 4.88 Å². The number of hydrogen-bond acceptors (Lipinski definition) is 4. The molecule has 0 fully saturated rings. The van der Waals surface area contributed by atoms with Crippen LogP contribution in [0.4, 0.5) is 4.39 Å². The first-order valence-electron chi connectivity index (χ1n) is 7.58. The van der Waals surface area contributed by atoms with E-state index in [1.807, 2.05) is 6.07 Å². The smallest absolute Gasteiger partial charge is 0.346 e. The van der Waals surface area contributed by atoms with Gasteiger partial charge < -0.3 is 15.2 Å². The van der Waals surface area contributed by atoms with Crippen molar-refractivity contribution in [2.45, 2.75) is 25.4 Å². The third-order valence-corrected chi connectivity index (χ3v) is 5.02. The summed E-state index contributed by atoms with van der Waals surface area (Å²) in [5, 5.41) is 11.8. The topological polar surface area (TPSA) is 75.6 Å². The van der Waals surface area contributed by atoms with Gasteiger partial charge in [-0.15, -0.1) is 11.3 Å². The number of aliphatic carboxylic acids is 1. The first-order chi connectivity index (χ1) is 11.5. The van der Waals surface area contributed by atoms with Crippen LogP contribution in [0.5, 0.6) is 5.75 Å². The number of fused-ring (bicyclic) bond motifs is 1. The molecule has 1 aliphatic rings. The molecule has 1 heterocycles. The van der Waals surface area contributed by atoms with E-state index in [9.17, 15) is 19.1 Å². The van der Waals surface area contributed by atoms with Crippen molar-refractivity contribution in [1.29, 1.82) is 0 Å². The Morgan fingerprint density at radius 3 is 2.71 bits per heavy atom. The van der Waals surface area contributed by atoms with Gasteiger partial charge in [-0.05, 0) is 55.2 Å². The number of carbonyl (C=O) groups is 2. The summed E-state index contributed by atoms with van der Waals surface area (Å²) in [4.78, 5) is 25.3. The molecular formula is C17H16FNO4S. The van der Waals surface area contributed by atoms with E-state index in [1.54, 1.807) is 0 Å². The van der Waals surface area contributed by atoms with Crippen LogP contribution in [0.3, 0.4) is 0 Å². The molecule has 1 atom stereocenters. The van der Waals surface area contributed by atoms with Crippen molar-refractivity contribution >= 4 is 23.2 Å². The van der Waals surface area contributed by atoms with Crippen LogP contribution in [0, 0.1) is 5.82 Å². The number of benzene rings is 1. The SMILES string of the molecule is O=C(NCC(Oc1ccc(F)cc1)C(=O)O)c1cc2c(s1)CCC2. The molecule has 0 bridgehead atoms. The average Bonchev–Trinajstić information content (AvgIpc) is 3.14. The van der Waals surface area contributed by atoms with Crippen LogP contribution < -0.4 is 10.1 Å². The number of rotatable bonds is 6. The predicted octanol–water partition coefficient (Wildman–Crippen LogP) is 2.64. The lowest BCUT2D eigenvalue weighted by atomic mass is 10.2. The highest BCUT2D eigenvalue weighted by molar-refractivity contribution is 7.14. The molecule has 1 unspecified atom stereocenters. The van der Waals surface area contributed by atoms with Crippen LogP contribution in [0.1, 0.15) is 26.5 Å². The monoisotopic (exact) mass is 349 g/mol. The van der Waals surface area contributed by atoms with Gasteiger partial charge in [-0.25, -0.2) is 9.18 Å². The zero-order valence-electron chi connectivity index (χ0n) is 12.8. The Morgan fingerprint density at radius 2 is 2.04 bits per heavy atom. The minimum Gasteiger partial charge on any atom is -0.478 e. The first-order valence-corrected chi connectivity index (χ1v) is 8.39. The molecule has 5 nitrogen and oxygen atoms in total. The van der Waals surface area contributed by atoms with E-state index in [4.69, 9.17) is 4.74 Å². The molecule has 7 heteroatoms. The number of ether oxygens (including phenoxy) is 1. The van der Waals surface area contributed by atoms with Gasteiger partial charge >= 0.3 is 5.97 Å². The van der Waals surface area contributed by atoms with Crippen molar-refractivity contribution in [1.82, 2.24) is 5.32 Å². The van der Waals surface area contributed by atoms with Gasteiger partial charge in [0.25, 0.3) is 5.91 Å². The fourth-order valence-electron chi connectivity index (χ4n) is 2.57. The van der Waals surface area contributed by atoms with Crippen LogP contribution in [0.25, 0.3) is 0 Å². The zero-order valence-corrected chi connectivity index (χ0v) is 13.6. The van der Waals surface area contributed by atoms with Crippen LogP contribution in [0.15, 0.2) is 30.3 Å². The van der Waals surface area contributed by atoms with Gasteiger partial charge in [0.15, 0.2) is 0 Å². The molecule has 0 saturated carbocycles. The summed E-state index contributed by atoms with van der Waals surface area (Å²) >= 11 is 1.45. The highest BCUT2D eigenvalue weighted by Crippen LogP contribution is 2.30. The summed E-state index contributed by atoms with van der Waals surface area (Å²) in [7, 11) is 0. The van der Waals surface area contributed by atoms with E-state index in [0.717, 1.165) is 19.3 Å². The molecule has 3 rings (SSSR count). The summed E-state index contributed by atoms with van der Waals surface area (Å²) < 4.78 is 18.2. The first kappa shape index (κ1) is 16.4. The van der Waals surface area contributed by atoms with Crippen LogP contribution >= 0.6 is 11.3 Å². The highest BCUT2D eigenvalue weighted by atomic mass is 32.1. The largest absolute Gasteiger partial charge is 0.478 e. The van der Waals surface area contributed by atoms with E-state index < -0.39 is 17.9 Å². The maximum Gasteiger partial charge on any atom is 0.346 e. The molecule has 1 aromatic carbocycles. The van der Waals surface area contributed by atoms with Gasteiger partial charge in [-0.1, -0.05) is 0 Å². The minimum absolute atomic E-state index is 0.173. The Labute approximate surface area is 142 Å². The van der Waals surface area contributed by atoms with Crippen LogP contribution in [0.2, 0.25) is 0 Å². The number of carboxylic acid groups (broad SMARTS) is 1. The summed E-state index contributed by atoms with van der Waals surface area (Å²) in [5.74, 6) is -1.71. The lowest BCUT2D eigenvalue weighted by molar-refractivity contribution is -0.144. The van der Waals surface area contributed by atoms with Gasteiger partial charge in [0.1, 0.15) is 11.6 Å². The maximum absolute atomic E-state index is 12.9. The molecular weight excluding hydrogens is 333 g/mol. The van der Waals surface area contributed by atoms with Crippen LogP contribution in [-0.4, -0.2) is 29.6 Å². The number of aryl methyl sites for hydroxylation is 2. The third-order valence-electron chi connectivity index (χ3n) is 3.79. The van der Waals surface area contributed by atoms with Gasteiger partial charge in [0.2, 0.25) is 6.10 Å². The number of carboxylic acids is 1. The van der Waals surface area contributed by atoms with E-state index in [2.05, 4.69) is 5.32 Å². The summed E-state index contributed by atoms with van der Waals surface area (Å²) in [6, 6.07) is 6.92. The lowest BCUT2D eigenvalue weighted by Gasteiger charge is -2.15. The lowest BCUT2D eigenvalue weighted by Crippen LogP contribution is -2.40. The second-order valence-electron chi connectivity index (χ2n) is 5.52. The highest BCUT2D eigenvalue weighted by Gasteiger charge is 2.23.